The lowest BCUT2D eigenvalue weighted by Crippen LogP contribution is -2.10. The Bertz CT molecular complexity index is 367. The zero-order chi connectivity index (χ0) is 11.4. The Kier molecular flexibility index (Phi) is 3.88. The number of aryl methyl sites for hydroxylation is 1. The van der Waals surface area contributed by atoms with E-state index >= 15 is 0 Å². The lowest BCUT2D eigenvalue weighted by Gasteiger charge is -2.11. The summed E-state index contributed by atoms with van der Waals surface area (Å²) >= 11 is 1.84. The van der Waals surface area contributed by atoms with Crippen molar-refractivity contribution < 1.29 is 0 Å². The summed E-state index contributed by atoms with van der Waals surface area (Å²) in [6.45, 7) is 0.991. The van der Waals surface area contributed by atoms with Crippen molar-refractivity contribution in [2.45, 2.75) is 25.7 Å². The summed E-state index contributed by atoms with van der Waals surface area (Å²) in [5.41, 5.74) is 8.15. The van der Waals surface area contributed by atoms with Crippen LogP contribution in [0.3, 0.4) is 0 Å². The van der Waals surface area contributed by atoms with E-state index in [1.807, 2.05) is 11.8 Å². The van der Waals surface area contributed by atoms with Crippen LogP contribution in [0.2, 0.25) is 0 Å². The molecule has 1 aliphatic rings. The molecule has 4 nitrogen and oxygen atoms in total. The Morgan fingerprint density at radius 3 is 3.06 bits per heavy atom. The number of nitrogens with zero attached hydrogens (tertiary/aromatic N) is 2. The van der Waals surface area contributed by atoms with Gasteiger partial charge in [-0.1, -0.05) is 0 Å². The second-order valence-corrected chi connectivity index (χ2v) is 4.97. The van der Waals surface area contributed by atoms with Crippen molar-refractivity contribution in [1.82, 2.24) is 9.97 Å². The van der Waals surface area contributed by atoms with Gasteiger partial charge < -0.3 is 11.1 Å². The molecule has 88 valence electrons. The van der Waals surface area contributed by atoms with Crippen molar-refractivity contribution in [3.8, 4) is 0 Å². The number of thioether (sulfide) groups is 1. The second kappa shape index (κ2) is 5.39. The zero-order valence-corrected chi connectivity index (χ0v) is 10.4. The van der Waals surface area contributed by atoms with E-state index in [1.165, 1.54) is 18.4 Å². The molecule has 1 aromatic heterocycles. The third kappa shape index (κ3) is 2.58. The molecule has 0 saturated heterocycles. The maximum absolute atomic E-state index is 5.74. The molecule has 0 unspecified atom stereocenters. The first-order valence-electron chi connectivity index (χ1n) is 5.69. The topological polar surface area (TPSA) is 63.8 Å². The summed E-state index contributed by atoms with van der Waals surface area (Å²) in [4.78, 5) is 8.67. The zero-order valence-electron chi connectivity index (χ0n) is 9.62. The third-order valence-corrected chi connectivity index (χ3v) is 3.41. The summed E-state index contributed by atoms with van der Waals surface area (Å²) in [6.07, 6.45) is 6.57. The molecule has 1 aliphatic heterocycles. The Morgan fingerprint density at radius 2 is 2.25 bits per heavy atom. The van der Waals surface area contributed by atoms with Gasteiger partial charge in [-0.05, 0) is 37.7 Å². The van der Waals surface area contributed by atoms with Gasteiger partial charge in [0.25, 0.3) is 0 Å². The number of hydrogen-bond acceptors (Lipinski definition) is 5. The van der Waals surface area contributed by atoms with Crippen molar-refractivity contribution in [2.24, 2.45) is 0 Å². The second-order valence-electron chi connectivity index (χ2n) is 3.98. The molecule has 5 heteroatoms. The Hall–Kier alpha value is -0.970. The molecule has 0 saturated carbocycles. The summed E-state index contributed by atoms with van der Waals surface area (Å²) in [5.74, 6) is 2.44. The molecule has 3 N–H and O–H groups in total. The van der Waals surface area contributed by atoms with Crippen LogP contribution in [-0.2, 0) is 12.8 Å². The fraction of sp³-hybridized carbons (Fsp3) is 0.636. The summed E-state index contributed by atoms with van der Waals surface area (Å²) in [5, 5.41) is 3.34. The van der Waals surface area contributed by atoms with Gasteiger partial charge in [0.15, 0.2) is 0 Å². The van der Waals surface area contributed by atoms with Gasteiger partial charge in [0, 0.05) is 12.1 Å². The number of nitrogens with two attached hydrogens (primary N) is 1. The first kappa shape index (κ1) is 11.5. The molecule has 0 bridgehead atoms. The van der Waals surface area contributed by atoms with E-state index in [4.69, 9.17) is 5.73 Å². The largest absolute Gasteiger partial charge is 0.370 e. The predicted molar refractivity (Wildman–Crippen MR) is 70.0 cm³/mol. The van der Waals surface area contributed by atoms with Gasteiger partial charge in [0.1, 0.15) is 5.82 Å². The highest BCUT2D eigenvalue weighted by Crippen LogP contribution is 2.23. The number of rotatable bonds is 3. The van der Waals surface area contributed by atoms with E-state index in [-0.39, 0.29) is 0 Å². The summed E-state index contributed by atoms with van der Waals surface area (Å²) in [6, 6.07) is 0. The molecule has 0 amide bonds. The fourth-order valence-corrected chi connectivity index (χ4v) is 2.39. The molecule has 2 heterocycles. The Balaban J connectivity index is 2.31. The normalized spacial score (nSPS) is 15.1. The average molecular weight is 238 g/mol. The maximum atomic E-state index is 5.74. The highest BCUT2D eigenvalue weighted by atomic mass is 32.2. The van der Waals surface area contributed by atoms with Crippen LogP contribution >= 0.6 is 11.8 Å². The van der Waals surface area contributed by atoms with Crippen LogP contribution in [0.15, 0.2) is 0 Å². The summed E-state index contributed by atoms with van der Waals surface area (Å²) < 4.78 is 0. The van der Waals surface area contributed by atoms with Gasteiger partial charge in [-0.2, -0.15) is 16.7 Å². The molecule has 2 rings (SSSR count). The van der Waals surface area contributed by atoms with Crippen LogP contribution in [0.4, 0.5) is 11.8 Å². The lowest BCUT2D eigenvalue weighted by atomic mass is 10.1. The molecule has 0 aliphatic carbocycles. The van der Waals surface area contributed by atoms with Crippen LogP contribution in [0.1, 0.15) is 24.1 Å². The van der Waals surface area contributed by atoms with Crippen LogP contribution in [-0.4, -0.2) is 28.5 Å². The fourth-order valence-electron chi connectivity index (χ4n) is 2.00. The molecule has 16 heavy (non-hydrogen) atoms. The monoisotopic (exact) mass is 238 g/mol. The van der Waals surface area contributed by atoms with Gasteiger partial charge in [-0.15, -0.1) is 0 Å². The molecule has 0 spiro atoms. The van der Waals surface area contributed by atoms with Crippen molar-refractivity contribution >= 4 is 23.5 Å². The van der Waals surface area contributed by atoms with Crippen molar-refractivity contribution in [3.05, 3.63) is 11.3 Å². The number of fused-ring (bicyclic) bond motifs is 1. The predicted octanol–water partition coefficient (Wildman–Crippen LogP) is 1.71. The number of aromatic nitrogens is 2. The Morgan fingerprint density at radius 1 is 1.38 bits per heavy atom. The summed E-state index contributed by atoms with van der Waals surface area (Å²) in [7, 11) is 0. The van der Waals surface area contributed by atoms with Crippen LogP contribution < -0.4 is 11.1 Å². The number of nitrogens with one attached hydrogen (secondary N) is 1. The van der Waals surface area contributed by atoms with Crippen molar-refractivity contribution in [3.63, 3.8) is 0 Å². The van der Waals surface area contributed by atoms with Crippen molar-refractivity contribution in [1.29, 1.82) is 0 Å². The molecular weight excluding hydrogens is 220 g/mol. The minimum atomic E-state index is 0.393. The highest BCUT2D eigenvalue weighted by molar-refractivity contribution is 7.98. The third-order valence-electron chi connectivity index (χ3n) is 2.80. The van der Waals surface area contributed by atoms with Crippen molar-refractivity contribution in [2.75, 3.05) is 29.6 Å². The van der Waals surface area contributed by atoms with Crippen LogP contribution in [0, 0.1) is 0 Å². The van der Waals surface area contributed by atoms with E-state index in [2.05, 4.69) is 21.5 Å². The standard InChI is InChI=1S/C11H18N4S/c1-16-7-5-9-8-4-2-3-6-13-10(8)15-11(12)14-9/h2-7H2,1H3,(H3,12,13,14,15). The smallest absolute Gasteiger partial charge is 0.222 e. The minimum absolute atomic E-state index is 0.393. The number of anilines is 2. The van der Waals surface area contributed by atoms with E-state index in [0.717, 1.165) is 36.7 Å². The van der Waals surface area contributed by atoms with Crippen LogP contribution in [0.5, 0.6) is 0 Å². The maximum Gasteiger partial charge on any atom is 0.222 e. The molecule has 1 aromatic rings. The van der Waals surface area contributed by atoms with Gasteiger partial charge >= 0.3 is 0 Å². The van der Waals surface area contributed by atoms with E-state index in [1.54, 1.807) is 0 Å². The SMILES string of the molecule is CSCCc1nc(N)nc2c1CCCCN2. The average Bonchev–Trinajstić information content (AvgIpc) is 2.50. The van der Waals surface area contributed by atoms with Gasteiger partial charge in [-0.25, -0.2) is 4.98 Å². The van der Waals surface area contributed by atoms with Gasteiger partial charge in [0.05, 0.1) is 5.69 Å². The lowest BCUT2D eigenvalue weighted by molar-refractivity contribution is 0.777. The highest BCUT2D eigenvalue weighted by Gasteiger charge is 2.15. The number of hydrogen-bond donors (Lipinski definition) is 2. The molecular formula is C11H18N4S. The first-order valence-corrected chi connectivity index (χ1v) is 7.08. The molecule has 0 aromatic carbocycles. The van der Waals surface area contributed by atoms with Gasteiger partial charge in [0.2, 0.25) is 5.95 Å². The van der Waals surface area contributed by atoms with E-state index in [0.29, 0.717) is 5.95 Å². The van der Waals surface area contributed by atoms with Crippen LogP contribution in [0.25, 0.3) is 0 Å². The quantitative estimate of drug-likeness (QED) is 0.839. The minimum Gasteiger partial charge on any atom is -0.370 e. The number of nitrogen functional groups attached to an aromatic ring is 1. The Labute approximate surface area is 100 Å². The molecule has 0 atom stereocenters. The molecule has 0 radical (unpaired) electrons. The van der Waals surface area contributed by atoms with E-state index < -0.39 is 0 Å². The van der Waals surface area contributed by atoms with E-state index in [9.17, 15) is 0 Å². The molecule has 0 fully saturated rings. The van der Waals surface area contributed by atoms with Gasteiger partial charge in [-0.3, -0.25) is 0 Å². The first-order chi connectivity index (χ1) is 7.81.